The molecular weight excluding hydrogens is 326 g/mol. The SMILES string of the molecule is Brc1ccc2c(c1)Oc1ccccc1N2c1ccccc1. The summed E-state index contributed by atoms with van der Waals surface area (Å²) < 4.78 is 7.05. The van der Waals surface area contributed by atoms with Gasteiger partial charge in [-0.3, -0.25) is 0 Å². The monoisotopic (exact) mass is 337 g/mol. The van der Waals surface area contributed by atoms with E-state index in [1.165, 1.54) is 0 Å². The van der Waals surface area contributed by atoms with Crippen LogP contribution in [-0.2, 0) is 0 Å². The number of halogens is 1. The van der Waals surface area contributed by atoms with Crippen LogP contribution in [-0.4, -0.2) is 0 Å². The lowest BCUT2D eigenvalue weighted by Gasteiger charge is -2.32. The zero-order valence-corrected chi connectivity index (χ0v) is 12.7. The van der Waals surface area contributed by atoms with Gasteiger partial charge < -0.3 is 9.64 Å². The minimum atomic E-state index is 0.854. The number of nitrogens with zero attached hydrogens (tertiary/aromatic N) is 1. The Hall–Kier alpha value is -2.26. The molecule has 0 aromatic heterocycles. The minimum Gasteiger partial charge on any atom is -0.453 e. The number of benzene rings is 3. The van der Waals surface area contributed by atoms with Crippen LogP contribution in [0, 0.1) is 0 Å². The van der Waals surface area contributed by atoms with Gasteiger partial charge in [0.1, 0.15) is 0 Å². The molecule has 0 spiro atoms. The van der Waals surface area contributed by atoms with Crippen molar-refractivity contribution < 1.29 is 4.74 Å². The molecule has 0 aliphatic carbocycles. The van der Waals surface area contributed by atoms with Gasteiger partial charge in [0.25, 0.3) is 0 Å². The van der Waals surface area contributed by atoms with Crippen LogP contribution in [0.1, 0.15) is 0 Å². The maximum atomic E-state index is 6.04. The van der Waals surface area contributed by atoms with Gasteiger partial charge in [0.05, 0.1) is 11.4 Å². The lowest BCUT2D eigenvalue weighted by Crippen LogP contribution is -2.15. The molecule has 1 heterocycles. The van der Waals surface area contributed by atoms with Gasteiger partial charge in [-0.2, -0.15) is 0 Å². The lowest BCUT2D eigenvalue weighted by molar-refractivity contribution is 0.476. The largest absolute Gasteiger partial charge is 0.453 e. The van der Waals surface area contributed by atoms with Crippen molar-refractivity contribution in [3.05, 3.63) is 77.3 Å². The van der Waals surface area contributed by atoms with Crippen LogP contribution >= 0.6 is 15.9 Å². The Kier molecular flexibility index (Phi) is 2.93. The summed E-state index contributed by atoms with van der Waals surface area (Å²) in [7, 11) is 0. The molecule has 2 nitrogen and oxygen atoms in total. The van der Waals surface area contributed by atoms with E-state index in [1.807, 2.05) is 48.5 Å². The van der Waals surface area contributed by atoms with Crippen molar-refractivity contribution in [3.63, 3.8) is 0 Å². The third-order valence-corrected chi connectivity index (χ3v) is 4.00. The Bertz CT molecular complexity index is 801. The Morgan fingerprint density at radius 3 is 2.29 bits per heavy atom. The highest BCUT2D eigenvalue weighted by Gasteiger charge is 2.25. The van der Waals surface area contributed by atoms with E-state index < -0.39 is 0 Å². The van der Waals surface area contributed by atoms with Crippen molar-refractivity contribution in [2.24, 2.45) is 0 Å². The van der Waals surface area contributed by atoms with E-state index in [0.717, 1.165) is 33.0 Å². The van der Waals surface area contributed by atoms with Gasteiger partial charge in [0.15, 0.2) is 11.5 Å². The van der Waals surface area contributed by atoms with E-state index in [0.29, 0.717) is 0 Å². The zero-order chi connectivity index (χ0) is 14.2. The lowest BCUT2D eigenvalue weighted by atomic mass is 10.1. The smallest absolute Gasteiger partial charge is 0.152 e. The van der Waals surface area contributed by atoms with Crippen LogP contribution in [0.2, 0.25) is 0 Å². The molecule has 1 aliphatic rings. The summed E-state index contributed by atoms with van der Waals surface area (Å²) in [6.07, 6.45) is 0. The summed E-state index contributed by atoms with van der Waals surface area (Å²) in [5, 5.41) is 0. The number of rotatable bonds is 1. The summed E-state index contributed by atoms with van der Waals surface area (Å²) >= 11 is 3.51. The third-order valence-electron chi connectivity index (χ3n) is 3.50. The van der Waals surface area contributed by atoms with E-state index in [9.17, 15) is 0 Å². The number of para-hydroxylation sites is 3. The molecule has 3 heteroatoms. The van der Waals surface area contributed by atoms with Crippen LogP contribution < -0.4 is 9.64 Å². The fourth-order valence-corrected chi connectivity index (χ4v) is 2.93. The molecule has 0 saturated heterocycles. The predicted octanol–water partition coefficient (Wildman–Crippen LogP) is 6.02. The summed E-state index contributed by atoms with van der Waals surface area (Å²) in [5.74, 6) is 1.72. The van der Waals surface area contributed by atoms with Gasteiger partial charge in [0.2, 0.25) is 0 Å². The van der Waals surface area contributed by atoms with Gasteiger partial charge in [-0.25, -0.2) is 0 Å². The van der Waals surface area contributed by atoms with E-state index in [-0.39, 0.29) is 0 Å². The van der Waals surface area contributed by atoms with Crippen molar-refractivity contribution in [2.75, 3.05) is 4.90 Å². The van der Waals surface area contributed by atoms with Crippen molar-refractivity contribution in [1.82, 2.24) is 0 Å². The van der Waals surface area contributed by atoms with Gasteiger partial charge in [-0.1, -0.05) is 46.3 Å². The molecule has 3 aromatic carbocycles. The summed E-state index contributed by atoms with van der Waals surface area (Å²) in [4.78, 5) is 2.22. The summed E-state index contributed by atoms with van der Waals surface area (Å²) in [6, 6.07) is 24.5. The first-order valence-electron chi connectivity index (χ1n) is 6.74. The van der Waals surface area contributed by atoms with Crippen molar-refractivity contribution in [2.45, 2.75) is 0 Å². The first-order chi connectivity index (χ1) is 10.3. The Morgan fingerprint density at radius 1 is 0.714 bits per heavy atom. The highest BCUT2D eigenvalue weighted by Crippen LogP contribution is 2.50. The maximum Gasteiger partial charge on any atom is 0.152 e. The molecule has 0 saturated carbocycles. The molecule has 0 bridgehead atoms. The minimum absolute atomic E-state index is 0.854. The van der Waals surface area contributed by atoms with Crippen molar-refractivity contribution >= 4 is 33.0 Å². The predicted molar refractivity (Wildman–Crippen MR) is 88.9 cm³/mol. The van der Waals surface area contributed by atoms with Gasteiger partial charge in [-0.05, 0) is 42.5 Å². The van der Waals surface area contributed by atoms with Crippen LogP contribution in [0.15, 0.2) is 77.3 Å². The maximum absolute atomic E-state index is 6.04. The van der Waals surface area contributed by atoms with Crippen LogP contribution in [0.25, 0.3) is 0 Å². The second-order valence-corrected chi connectivity index (χ2v) is 5.77. The highest BCUT2D eigenvalue weighted by molar-refractivity contribution is 9.10. The number of fused-ring (bicyclic) bond motifs is 2. The molecule has 0 atom stereocenters. The Balaban J connectivity index is 1.97. The number of anilines is 3. The first kappa shape index (κ1) is 12.5. The molecule has 0 radical (unpaired) electrons. The molecule has 102 valence electrons. The topological polar surface area (TPSA) is 12.5 Å². The van der Waals surface area contributed by atoms with Crippen LogP contribution in [0.4, 0.5) is 17.1 Å². The second-order valence-electron chi connectivity index (χ2n) is 4.85. The average molecular weight is 338 g/mol. The molecule has 0 N–H and O–H groups in total. The molecule has 0 amide bonds. The molecule has 0 unspecified atom stereocenters. The van der Waals surface area contributed by atoms with Gasteiger partial charge in [-0.15, -0.1) is 0 Å². The highest BCUT2D eigenvalue weighted by atomic mass is 79.9. The third kappa shape index (κ3) is 2.10. The Labute approximate surface area is 131 Å². The molecule has 21 heavy (non-hydrogen) atoms. The quantitative estimate of drug-likeness (QED) is 0.420. The molecule has 0 fully saturated rings. The Morgan fingerprint density at radius 2 is 1.43 bits per heavy atom. The summed E-state index contributed by atoms with van der Waals surface area (Å²) in [6.45, 7) is 0. The fraction of sp³-hybridized carbons (Fsp3) is 0. The first-order valence-corrected chi connectivity index (χ1v) is 7.54. The molecule has 3 aromatic rings. The van der Waals surface area contributed by atoms with E-state index >= 15 is 0 Å². The van der Waals surface area contributed by atoms with Gasteiger partial charge >= 0.3 is 0 Å². The standard InChI is InChI=1S/C18H12BrNO/c19-13-10-11-16-18(12-13)21-17-9-5-4-8-15(17)20(16)14-6-2-1-3-7-14/h1-12H. The molecular formula is C18H12BrNO. The van der Waals surface area contributed by atoms with Crippen LogP contribution in [0.5, 0.6) is 11.5 Å². The summed E-state index contributed by atoms with van der Waals surface area (Å²) in [5.41, 5.74) is 3.22. The van der Waals surface area contributed by atoms with Gasteiger partial charge in [0, 0.05) is 10.2 Å². The number of ether oxygens (including phenoxy) is 1. The fourth-order valence-electron chi connectivity index (χ4n) is 2.59. The second kappa shape index (κ2) is 4.93. The van der Waals surface area contributed by atoms with E-state index in [2.05, 4.69) is 45.1 Å². The zero-order valence-electron chi connectivity index (χ0n) is 11.2. The van der Waals surface area contributed by atoms with E-state index in [4.69, 9.17) is 4.74 Å². The average Bonchev–Trinajstić information content (AvgIpc) is 2.53. The number of hydrogen-bond donors (Lipinski definition) is 0. The van der Waals surface area contributed by atoms with Crippen molar-refractivity contribution in [3.8, 4) is 11.5 Å². The van der Waals surface area contributed by atoms with E-state index in [1.54, 1.807) is 0 Å². The number of hydrogen-bond acceptors (Lipinski definition) is 2. The molecule has 4 rings (SSSR count). The van der Waals surface area contributed by atoms with Crippen molar-refractivity contribution in [1.29, 1.82) is 0 Å². The molecule has 1 aliphatic heterocycles. The van der Waals surface area contributed by atoms with Crippen LogP contribution in [0.3, 0.4) is 0 Å². The normalized spacial score (nSPS) is 12.3.